The number of carbonyl (C=O) groups excluding carboxylic acids is 1. The summed E-state index contributed by atoms with van der Waals surface area (Å²) in [6.07, 6.45) is 4.58. The lowest BCUT2D eigenvalue weighted by Crippen LogP contribution is -2.46. The SMILES string of the molecule is CC[C@@H]1CCCCN1C(=O)[C@@H](C)Cl. The van der Waals surface area contributed by atoms with Gasteiger partial charge in [0.25, 0.3) is 0 Å². The van der Waals surface area contributed by atoms with Crippen LogP contribution in [0.4, 0.5) is 0 Å². The molecule has 1 rings (SSSR count). The number of carbonyl (C=O) groups is 1. The highest BCUT2D eigenvalue weighted by Gasteiger charge is 2.27. The summed E-state index contributed by atoms with van der Waals surface area (Å²) in [5.41, 5.74) is 0. The molecule has 2 atom stereocenters. The number of piperidine rings is 1. The molecule has 0 N–H and O–H groups in total. The van der Waals surface area contributed by atoms with Gasteiger partial charge >= 0.3 is 0 Å². The van der Waals surface area contributed by atoms with Crippen LogP contribution in [-0.2, 0) is 4.79 Å². The summed E-state index contributed by atoms with van der Waals surface area (Å²) < 4.78 is 0. The van der Waals surface area contributed by atoms with Crippen molar-refractivity contribution in [1.29, 1.82) is 0 Å². The van der Waals surface area contributed by atoms with Crippen molar-refractivity contribution >= 4 is 17.5 Å². The molecule has 13 heavy (non-hydrogen) atoms. The minimum atomic E-state index is -0.368. The lowest BCUT2D eigenvalue weighted by atomic mass is 10.00. The van der Waals surface area contributed by atoms with E-state index in [9.17, 15) is 4.79 Å². The summed E-state index contributed by atoms with van der Waals surface area (Å²) in [5, 5.41) is -0.368. The van der Waals surface area contributed by atoms with Gasteiger partial charge in [0.15, 0.2) is 0 Å². The Morgan fingerprint density at radius 2 is 2.31 bits per heavy atom. The molecule has 0 aromatic rings. The minimum Gasteiger partial charge on any atom is -0.338 e. The molecule has 0 spiro atoms. The highest BCUT2D eigenvalue weighted by Crippen LogP contribution is 2.20. The van der Waals surface area contributed by atoms with E-state index in [0.29, 0.717) is 6.04 Å². The van der Waals surface area contributed by atoms with E-state index in [-0.39, 0.29) is 11.3 Å². The Kier molecular flexibility index (Phi) is 4.04. The van der Waals surface area contributed by atoms with E-state index in [2.05, 4.69) is 6.92 Å². The van der Waals surface area contributed by atoms with Crippen molar-refractivity contribution in [2.75, 3.05) is 6.54 Å². The van der Waals surface area contributed by atoms with Crippen LogP contribution in [0.15, 0.2) is 0 Å². The van der Waals surface area contributed by atoms with Crippen LogP contribution in [0.2, 0.25) is 0 Å². The van der Waals surface area contributed by atoms with Gasteiger partial charge < -0.3 is 4.90 Å². The van der Waals surface area contributed by atoms with Crippen LogP contribution < -0.4 is 0 Å². The molecule has 0 radical (unpaired) electrons. The predicted molar refractivity (Wildman–Crippen MR) is 55.0 cm³/mol. The highest BCUT2D eigenvalue weighted by molar-refractivity contribution is 6.30. The fourth-order valence-electron chi connectivity index (χ4n) is 1.94. The Balaban J connectivity index is 2.58. The van der Waals surface area contributed by atoms with Gasteiger partial charge in [-0.05, 0) is 32.6 Å². The molecular formula is C10H18ClNO. The molecule has 0 aromatic carbocycles. The normalized spacial score (nSPS) is 25.8. The highest BCUT2D eigenvalue weighted by atomic mass is 35.5. The number of hydrogen-bond acceptors (Lipinski definition) is 1. The number of alkyl halides is 1. The van der Waals surface area contributed by atoms with Gasteiger partial charge in [-0.3, -0.25) is 4.79 Å². The molecule has 76 valence electrons. The lowest BCUT2D eigenvalue weighted by Gasteiger charge is -2.36. The van der Waals surface area contributed by atoms with Gasteiger partial charge in [0.05, 0.1) is 0 Å². The monoisotopic (exact) mass is 203 g/mol. The van der Waals surface area contributed by atoms with Crippen molar-refractivity contribution in [3.8, 4) is 0 Å². The topological polar surface area (TPSA) is 20.3 Å². The van der Waals surface area contributed by atoms with Gasteiger partial charge in [0.1, 0.15) is 5.38 Å². The third-order valence-electron chi connectivity index (χ3n) is 2.72. The van der Waals surface area contributed by atoms with Gasteiger partial charge in [-0.1, -0.05) is 6.92 Å². The van der Waals surface area contributed by atoms with Crippen molar-refractivity contribution in [3.63, 3.8) is 0 Å². The first-order valence-electron chi connectivity index (χ1n) is 5.11. The van der Waals surface area contributed by atoms with Gasteiger partial charge in [-0.15, -0.1) is 11.6 Å². The molecule has 1 aliphatic heterocycles. The molecule has 0 unspecified atom stereocenters. The number of rotatable bonds is 2. The van der Waals surface area contributed by atoms with E-state index in [0.717, 1.165) is 25.8 Å². The van der Waals surface area contributed by atoms with E-state index < -0.39 is 0 Å². The average Bonchev–Trinajstić information content (AvgIpc) is 2.16. The Labute approximate surface area is 85.2 Å². The molecule has 2 nitrogen and oxygen atoms in total. The minimum absolute atomic E-state index is 0.105. The molecule has 1 aliphatic rings. The largest absolute Gasteiger partial charge is 0.338 e. The van der Waals surface area contributed by atoms with Crippen LogP contribution in [0.5, 0.6) is 0 Å². The molecule has 1 amide bonds. The van der Waals surface area contributed by atoms with E-state index in [1.54, 1.807) is 6.92 Å². The Hall–Kier alpha value is -0.240. The van der Waals surface area contributed by atoms with E-state index in [1.165, 1.54) is 6.42 Å². The van der Waals surface area contributed by atoms with Crippen molar-refractivity contribution in [2.45, 2.75) is 50.9 Å². The summed E-state index contributed by atoms with van der Waals surface area (Å²) in [6, 6.07) is 0.433. The number of halogens is 1. The first-order valence-corrected chi connectivity index (χ1v) is 5.55. The molecule has 1 fully saturated rings. The van der Waals surface area contributed by atoms with Gasteiger partial charge in [0.2, 0.25) is 5.91 Å². The maximum atomic E-state index is 11.7. The third-order valence-corrected chi connectivity index (χ3v) is 2.91. The molecule has 1 heterocycles. The Morgan fingerprint density at radius 1 is 1.62 bits per heavy atom. The van der Waals surface area contributed by atoms with Crippen molar-refractivity contribution in [2.24, 2.45) is 0 Å². The molecule has 3 heteroatoms. The predicted octanol–water partition coefficient (Wildman–Crippen LogP) is 2.40. The Morgan fingerprint density at radius 3 is 2.85 bits per heavy atom. The number of likely N-dealkylation sites (tertiary alicyclic amines) is 1. The second-order valence-corrected chi connectivity index (χ2v) is 4.36. The van der Waals surface area contributed by atoms with Crippen LogP contribution in [0, 0.1) is 0 Å². The van der Waals surface area contributed by atoms with Crippen molar-refractivity contribution in [1.82, 2.24) is 4.90 Å². The number of hydrogen-bond donors (Lipinski definition) is 0. The first-order chi connectivity index (χ1) is 6.16. The van der Waals surface area contributed by atoms with E-state index >= 15 is 0 Å². The average molecular weight is 204 g/mol. The molecule has 0 aliphatic carbocycles. The van der Waals surface area contributed by atoms with Gasteiger partial charge in [-0.2, -0.15) is 0 Å². The van der Waals surface area contributed by atoms with E-state index in [4.69, 9.17) is 11.6 Å². The molecule has 0 saturated carbocycles. The molecular weight excluding hydrogens is 186 g/mol. The van der Waals surface area contributed by atoms with Crippen LogP contribution in [0.25, 0.3) is 0 Å². The fraction of sp³-hybridized carbons (Fsp3) is 0.900. The zero-order valence-electron chi connectivity index (χ0n) is 8.42. The van der Waals surface area contributed by atoms with Crippen LogP contribution in [-0.4, -0.2) is 28.8 Å². The zero-order valence-corrected chi connectivity index (χ0v) is 9.18. The number of amides is 1. The molecule has 0 bridgehead atoms. The van der Waals surface area contributed by atoms with Gasteiger partial charge in [0, 0.05) is 12.6 Å². The second kappa shape index (κ2) is 4.85. The Bertz CT molecular complexity index is 182. The summed E-state index contributed by atoms with van der Waals surface area (Å²) in [7, 11) is 0. The lowest BCUT2D eigenvalue weighted by molar-refractivity contribution is -0.134. The quantitative estimate of drug-likeness (QED) is 0.632. The first kappa shape index (κ1) is 10.8. The van der Waals surface area contributed by atoms with Crippen molar-refractivity contribution in [3.05, 3.63) is 0 Å². The summed E-state index contributed by atoms with van der Waals surface area (Å²) in [5.74, 6) is 0.105. The van der Waals surface area contributed by atoms with Crippen molar-refractivity contribution < 1.29 is 4.79 Å². The molecule has 1 saturated heterocycles. The zero-order chi connectivity index (χ0) is 9.84. The maximum Gasteiger partial charge on any atom is 0.240 e. The number of nitrogens with zero attached hydrogens (tertiary/aromatic N) is 1. The van der Waals surface area contributed by atoms with Crippen LogP contribution >= 0.6 is 11.6 Å². The van der Waals surface area contributed by atoms with Crippen LogP contribution in [0.3, 0.4) is 0 Å². The smallest absolute Gasteiger partial charge is 0.240 e. The fourth-order valence-corrected chi connectivity index (χ4v) is 2.07. The second-order valence-electron chi connectivity index (χ2n) is 3.71. The van der Waals surface area contributed by atoms with Crippen LogP contribution in [0.1, 0.15) is 39.5 Å². The molecule has 0 aromatic heterocycles. The standard InChI is InChI=1S/C10H18ClNO/c1-3-9-6-4-5-7-12(9)10(13)8(2)11/h8-9H,3-7H2,1-2H3/t8-,9-/m1/s1. The third kappa shape index (κ3) is 2.60. The summed E-state index contributed by atoms with van der Waals surface area (Å²) in [4.78, 5) is 13.6. The summed E-state index contributed by atoms with van der Waals surface area (Å²) in [6.45, 7) is 4.79. The van der Waals surface area contributed by atoms with E-state index in [1.807, 2.05) is 4.90 Å². The maximum absolute atomic E-state index is 11.7. The van der Waals surface area contributed by atoms with Gasteiger partial charge in [-0.25, -0.2) is 0 Å². The summed E-state index contributed by atoms with van der Waals surface area (Å²) >= 11 is 5.79.